The van der Waals surface area contributed by atoms with Crippen LogP contribution in [0.4, 0.5) is 0 Å². The van der Waals surface area contributed by atoms with Gasteiger partial charge in [-0.25, -0.2) is 0 Å². The minimum Gasteiger partial charge on any atom is -0.507 e. The molecule has 0 radical (unpaired) electrons. The molecular weight excluding hydrogens is 382 g/mol. The summed E-state index contributed by atoms with van der Waals surface area (Å²) >= 11 is 0. The summed E-state index contributed by atoms with van der Waals surface area (Å²) in [6, 6.07) is 13.6. The largest absolute Gasteiger partial charge is 0.507 e. The van der Waals surface area contributed by atoms with Crippen molar-refractivity contribution < 1.29 is 24.6 Å². The van der Waals surface area contributed by atoms with Gasteiger partial charge in [0.1, 0.15) is 5.76 Å². The number of carboxylic acid groups (broad SMARTS) is 1. The van der Waals surface area contributed by atoms with Crippen molar-refractivity contribution in [2.24, 2.45) is 0 Å². The number of benzene rings is 2. The lowest BCUT2D eigenvalue weighted by Gasteiger charge is -2.25. The van der Waals surface area contributed by atoms with E-state index in [0.717, 1.165) is 11.1 Å². The van der Waals surface area contributed by atoms with E-state index in [2.05, 4.69) is 13.8 Å². The molecule has 156 valence electrons. The van der Waals surface area contributed by atoms with Gasteiger partial charge in [-0.3, -0.25) is 14.4 Å². The third kappa shape index (κ3) is 4.13. The average molecular weight is 407 g/mol. The van der Waals surface area contributed by atoms with E-state index in [1.54, 1.807) is 12.1 Å². The van der Waals surface area contributed by atoms with Crippen LogP contribution in [0.5, 0.6) is 0 Å². The second-order valence-corrected chi connectivity index (χ2v) is 7.82. The molecule has 0 saturated carbocycles. The number of carbonyl (C=O) groups excluding carboxylic acids is 2. The Morgan fingerprint density at radius 1 is 1.00 bits per heavy atom. The summed E-state index contributed by atoms with van der Waals surface area (Å²) in [5.41, 5.74) is 3.15. The first-order chi connectivity index (χ1) is 14.2. The number of carboxylic acids is 1. The molecule has 1 amide bonds. The summed E-state index contributed by atoms with van der Waals surface area (Å²) in [4.78, 5) is 37.9. The molecule has 6 nitrogen and oxygen atoms in total. The highest BCUT2D eigenvalue weighted by molar-refractivity contribution is 6.46. The highest BCUT2D eigenvalue weighted by Crippen LogP contribution is 2.39. The molecule has 30 heavy (non-hydrogen) atoms. The minimum atomic E-state index is -1.07. The van der Waals surface area contributed by atoms with Crippen LogP contribution in [-0.2, 0) is 14.4 Å². The lowest BCUT2D eigenvalue weighted by Crippen LogP contribution is -2.31. The maximum Gasteiger partial charge on any atom is 0.305 e. The Morgan fingerprint density at radius 2 is 1.60 bits per heavy atom. The van der Waals surface area contributed by atoms with Crippen molar-refractivity contribution >= 4 is 23.4 Å². The van der Waals surface area contributed by atoms with Crippen LogP contribution in [0.15, 0.2) is 54.1 Å². The number of aliphatic hydroxyl groups is 1. The van der Waals surface area contributed by atoms with Crippen molar-refractivity contribution in [1.82, 2.24) is 4.90 Å². The Morgan fingerprint density at radius 3 is 2.13 bits per heavy atom. The third-order valence-corrected chi connectivity index (χ3v) is 5.35. The molecule has 2 aromatic carbocycles. The van der Waals surface area contributed by atoms with Gasteiger partial charge in [0.05, 0.1) is 18.0 Å². The van der Waals surface area contributed by atoms with Gasteiger partial charge in [-0.2, -0.15) is 0 Å². The molecule has 1 heterocycles. The molecule has 6 heteroatoms. The topological polar surface area (TPSA) is 94.9 Å². The van der Waals surface area contributed by atoms with Gasteiger partial charge in [-0.1, -0.05) is 67.9 Å². The molecule has 1 fully saturated rings. The van der Waals surface area contributed by atoms with Crippen molar-refractivity contribution in [1.29, 1.82) is 0 Å². The van der Waals surface area contributed by atoms with Gasteiger partial charge < -0.3 is 15.1 Å². The summed E-state index contributed by atoms with van der Waals surface area (Å²) in [6.45, 7) is 5.91. The van der Waals surface area contributed by atoms with Gasteiger partial charge in [-0.15, -0.1) is 0 Å². The minimum absolute atomic E-state index is 0.0217. The Kier molecular flexibility index (Phi) is 6.06. The highest BCUT2D eigenvalue weighted by atomic mass is 16.4. The number of nitrogens with zero attached hydrogens (tertiary/aromatic N) is 1. The van der Waals surface area contributed by atoms with Gasteiger partial charge in [0.15, 0.2) is 0 Å². The van der Waals surface area contributed by atoms with E-state index in [-0.39, 0.29) is 24.3 Å². The van der Waals surface area contributed by atoms with Crippen LogP contribution in [0, 0.1) is 6.92 Å². The van der Waals surface area contributed by atoms with E-state index in [1.165, 1.54) is 4.90 Å². The normalized spacial score (nSPS) is 18.3. The maximum atomic E-state index is 12.8. The van der Waals surface area contributed by atoms with E-state index < -0.39 is 23.7 Å². The Labute approximate surface area is 175 Å². The van der Waals surface area contributed by atoms with Crippen LogP contribution in [-0.4, -0.2) is 39.3 Å². The number of amides is 1. The molecule has 0 spiro atoms. The SMILES string of the molecule is Cc1ccc(C(O)=C2C(=O)C(=O)N(CCC(=O)O)C2c2ccc(C(C)C)cc2)cc1. The fourth-order valence-corrected chi connectivity index (χ4v) is 3.60. The van der Waals surface area contributed by atoms with Crippen LogP contribution in [0.3, 0.4) is 0 Å². The van der Waals surface area contributed by atoms with E-state index in [9.17, 15) is 19.5 Å². The molecule has 1 unspecified atom stereocenters. The molecule has 1 atom stereocenters. The third-order valence-electron chi connectivity index (χ3n) is 5.35. The number of likely N-dealkylation sites (tertiary alicyclic amines) is 1. The van der Waals surface area contributed by atoms with Crippen LogP contribution >= 0.6 is 0 Å². The zero-order chi connectivity index (χ0) is 22.0. The first kappa shape index (κ1) is 21.3. The number of hydrogen-bond donors (Lipinski definition) is 2. The van der Waals surface area contributed by atoms with Gasteiger partial charge >= 0.3 is 5.97 Å². The zero-order valence-corrected chi connectivity index (χ0v) is 17.3. The summed E-state index contributed by atoms with van der Waals surface area (Å²) in [6.07, 6.45) is -0.293. The van der Waals surface area contributed by atoms with Crippen LogP contribution in [0.2, 0.25) is 0 Å². The van der Waals surface area contributed by atoms with Crippen molar-refractivity contribution in [3.05, 3.63) is 76.4 Å². The predicted molar refractivity (Wildman–Crippen MR) is 113 cm³/mol. The number of Topliss-reactive ketones (excluding diaryl/α,β-unsaturated/α-hetero) is 1. The van der Waals surface area contributed by atoms with Gasteiger partial charge in [0, 0.05) is 12.1 Å². The number of hydrogen-bond acceptors (Lipinski definition) is 4. The van der Waals surface area contributed by atoms with Crippen molar-refractivity contribution in [3.8, 4) is 0 Å². The predicted octanol–water partition coefficient (Wildman–Crippen LogP) is 4.01. The van der Waals surface area contributed by atoms with E-state index in [4.69, 9.17) is 5.11 Å². The van der Waals surface area contributed by atoms with Crippen LogP contribution in [0.1, 0.15) is 54.5 Å². The Hall–Kier alpha value is -3.41. The summed E-state index contributed by atoms with van der Waals surface area (Å²) < 4.78 is 0. The monoisotopic (exact) mass is 407 g/mol. The number of aliphatic hydroxyl groups excluding tert-OH is 1. The molecule has 1 aliphatic rings. The Bertz CT molecular complexity index is 1000. The molecule has 3 rings (SSSR count). The fraction of sp³-hybridized carbons (Fsp3) is 0.292. The molecular formula is C24H25NO5. The number of rotatable bonds is 6. The first-order valence-corrected chi connectivity index (χ1v) is 9.87. The molecule has 0 bridgehead atoms. The number of ketones is 1. The second kappa shape index (κ2) is 8.53. The number of carbonyl (C=O) groups is 3. The lowest BCUT2D eigenvalue weighted by atomic mass is 9.93. The van der Waals surface area contributed by atoms with Crippen LogP contribution < -0.4 is 0 Å². The smallest absolute Gasteiger partial charge is 0.305 e. The standard InChI is InChI=1S/C24H25NO5/c1-14(2)16-8-10-17(11-9-16)21-20(22(28)18-6-4-15(3)5-7-18)23(29)24(30)25(21)13-12-19(26)27/h4-11,14,21,28H,12-13H2,1-3H3,(H,26,27). The average Bonchev–Trinajstić information content (AvgIpc) is 2.97. The highest BCUT2D eigenvalue weighted by Gasteiger charge is 2.46. The quantitative estimate of drug-likeness (QED) is 0.429. The molecule has 2 aromatic rings. The molecule has 2 N–H and O–H groups in total. The van der Waals surface area contributed by atoms with Crippen molar-refractivity contribution in [3.63, 3.8) is 0 Å². The van der Waals surface area contributed by atoms with Gasteiger partial charge in [0.2, 0.25) is 0 Å². The lowest BCUT2D eigenvalue weighted by molar-refractivity contribution is -0.142. The maximum absolute atomic E-state index is 12.8. The molecule has 0 aliphatic carbocycles. The second-order valence-electron chi connectivity index (χ2n) is 7.82. The van der Waals surface area contributed by atoms with Gasteiger partial charge in [-0.05, 0) is 24.0 Å². The zero-order valence-electron chi connectivity index (χ0n) is 17.3. The van der Waals surface area contributed by atoms with Gasteiger partial charge in [0.25, 0.3) is 11.7 Å². The van der Waals surface area contributed by atoms with Crippen LogP contribution in [0.25, 0.3) is 5.76 Å². The Balaban J connectivity index is 2.13. The molecule has 1 saturated heterocycles. The molecule has 0 aromatic heterocycles. The number of aliphatic carboxylic acids is 1. The molecule has 1 aliphatic heterocycles. The number of aryl methyl sites for hydroxylation is 1. The van der Waals surface area contributed by atoms with E-state index in [0.29, 0.717) is 17.0 Å². The summed E-state index contributed by atoms with van der Waals surface area (Å²) in [7, 11) is 0. The van der Waals surface area contributed by atoms with Crippen molar-refractivity contribution in [2.45, 2.75) is 39.2 Å². The van der Waals surface area contributed by atoms with E-state index >= 15 is 0 Å². The summed E-state index contributed by atoms with van der Waals surface area (Å²) in [5.74, 6) is -2.63. The fourth-order valence-electron chi connectivity index (χ4n) is 3.60. The van der Waals surface area contributed by atoms with Crippen molar-refractivity contribution in [2.75, 3.05) is 6.54 Å². The first-order valence-electron chi connectivity index (χ1n) is 9.87. The summed E-state index contributed by atoms with van der Waals surface area (Å²) in [5, 5.41) is 20.0. The van der Waals surface area contributed by atoms with E-state index in [1.807, 2.05) is 43.3 Å².